The summed E-state index contributed by atoms with van der Waals surface area (Å²) in [5.41, 5.74) is 0. The maximum Gasteiger partial charge on any atom is 0.241 e. The lowest BCUT2D eigenvalue weighted by Gasteiger charge is -2.11. The van der Waals surface area contributed by atoms with E-state index in [1.54, 1.807) is 18.6 Å². The van der Waals surface area contributed by atoms with Crippen LogP contribution in [-0.4, -0.2) is 34.7 Å². The molecule has 104 valence electrons. The van der Waals surface area contributed by atoms with Crippen molar-refractivity contribution in [1.82, 2.24) is 10.0 Å². The summed E-state index contributed by atoms with van der Waals surface area (Å²) in [5.74, 6) is 0. The topological polar surface area (TPSA) is 67.4 Å². The molecule has 0 aliphatic carbocycles. The van der Waals surface area contributed by atoms with Crippen LogP contribution in [0.25, 0.3) is 0 Å². The first kappa shape index (κ1) is 15.6. The van der Waals surface area contributed by atoms with Crippen LogP contribution >= 0.6 is 11.3 Å². The number of hydrogen-bond donors (Lipinski definition) is 2. The molecule has 0 bridgehead atoms. The molecular weight excluding hydrogens is 272 g/mol. The smallest absolute Gasteiger partial charge is 0.241 e. The molecule has 7 heteroatoms. The second-order valence-electron chi connectivity index (χ2n) is 3.89. The summed E-state index contributed by atoms with van der Waals surface area (Å²) in [6.07, 6.45) is -0.143. The summed E-state index contributed by atoms with van der Waals surface area (Å²) in [5, 5.41) is 4.93. The van der Waals surface area contributed by atoms with Gasteiger partial charge in [0.05, 0.1) is 11.0 Å². The van der Waals surface area contributed by atoms with Crippen molar-refractivity contribution >= 4 is 21.4 Å². The number of thiophene rings is 1. The van der Waals surface area contributed by atoms with Crippen molar-refractivity contribution in [1.29, 1.82) is 0 Å². The Morgan fingerprint density at radius 3 is 2.83 bits per heavy atom. The van der Waals surface area contributed by atoms with Crippen LogP contribution in [0.3, 0.4) is 0 Å². The Kier molecular flexibility index (Phi) is 6.24. The van der Waals surface area contributed by atoms with Gasteiger partial charge in [-0.05, 0) is 24.9 Å². The molecule has 1 unspecified atom stereocenters. The fraction of sp³-hybridized carbons (Fsp3) is 0.636. The monoisotopic (exact) mass is 292 g/mol. The SMILES string of the molecule is CCNCc1sccc1S(=O)(=O)NCC(C)OC. The number of hydrogen-bond acceptors (Lipinski definition) is 5. The summed E-state index contributed by atoms with van der Waals surface area (Å²) < 4.78 is 31.8. The third-order valence-electron chi connectivity index (χ3n) is 2.49. The zero-order valence-corrected chi connectivity index (χ0v) is 12.5. The van der Waals surface area contributed by atoms with E-state index in [1.165, 1.54) is 11.3 Å². The molecule has 1 heterocycles. The Hall–Kier alpha value is -0.470. The lowest BCUT2D eigenvalue weighted by molar-refractivity contribution is 0.122. The van der Waals surface area contributed by atoms with Crippen LogP contribution in [-0.2, 0) is 21.3 Å². The molecule has 0 fully saturated rings. The van der Waals surface area contributed by atoms with Crippen molar-refractivity contribution < 1.29 is 13.2 Å². The molecule has 1 rings (SSSR count). The highest BCUT2D eigenvalue weighted by atomic mass is 32.2. The molecule has 0 amide bonds. The maximum absolute atomic E-state index is 12.1. The van der Waals surface area contributed by atoms with Crippen LogP contribution in [0.15, 0.2) is 16.3 Å². The summed E-state index contributed by atoms with van der Waals surface area (Å²) in [4.78, 5) is 1.19. The van der Waals surface area contributed by atoms with Gasteiger partial charge >= 0.3 is 0 Å². The fourth-order valence-corrected chi connectivity index (χ4v) is 3.85. The summed E-state index contributed by atoms with van der Waals surface area (Å²) in [6, 6.07) is 1.64. The van der Waals surface area contributed by atoms with E-state index in [9.17, 15) is 8.42 Å². The van der Waals surface area contributed by atoms with Crippen LogP contribution in [0.1, 0.15) is 18.7 Å². The summed E-state index contributed by atoms with van der Waals surface area (Å²) in [6.45, 7) is 5.46. The summed E-state index contributed by atoms with van der Waals surface area (Å²) in [7, 11) is -1.89. The van der Waals surface area contributed by atoms with E-state index in [0.717, 1.165) is 11.4 Å². The quantitative estimate of drug-likeness (QED) is 0.755. The zero-order chi connectivity index (χ0) is 13.6. The molecule has 0 saturated carbocycles. The first-order chi connectivity index (χ1) is 8.51. The van der Waals surface area contributed by atoms with Crippen molar-refractivity contribution in [2.75, 3.05) is 20.2 Å². The van der Waals surface area contributed by atoms with Gasteiger partial charge in [0.25, 0.3) is 0 Å². The van der Waals surface area contributed by atoms with Crippen molar-refractivity contribution in [3.63, 3.8) is 0 Å². The molecule has 2 N–H and O–H groups in total. The predicted molar refractivity (Wildman–Crippen MR) is 73.4 cm³/mol. The van der Waals surface area contributed by atoms with E-state index in [4.69, 9.17) is 4.74 Å². The Labute approximate surface area is 113 Å². The van der Waals surface area contributed by atoms with Crippen LogP contribution in [0, 0.1) is 0 Å². The van der Waals surface area contributed by atoms with Gasteiger partial charge in [0.2, 0.25) is 10.0 Å². The Bertz CT molecular complexity index is 457. The van der Waals surface area contributed by atoms with E-state index < -0.39 is 10.0 Å². The average molecular weight is 292 g/mol. The van der Waals surface area contributed by atoms with Gasteiger partial charge in [0.15, 0.2) is 0 Å². The Morgan fingerprint density at radius 1 is 1.50 bits per heavy atom. The van der Waals surface area contributed by atoms with Crippen molar-refractivity contribution in [2.24, 2.45) is 0 Å². The normalized spacial score (nSPS) is 13.7. The molecule has 18 heavy (non-hydrogen) atoms. The van der Waals surface area contributed by atoms with E-state index in [-0.39, 0.29) is 12.6 Å². The number of sulfonamides is 1. The summed E-state index contributed by atoms with van der Waals surface area (Å²) >= 11 is 1.44. The number of nitrogens with one attached hydrogen (secondary N) is 2. The first-order valence-electron chi connectivity index (χ1n) is 5.80. The van der Waals surface area contributed by atoms with Gasteiger partial charge in [-0.25, -0.2) is 13.1 Å². The second kappa shape index (κ2) is 7.20. The highest BCUT2D eigenvalue weighted by Gasteiger charge is 2.19. The molecular formula is C11H20N2O3S2. The van der Waals surface area contributed by atoms with Gasteiger partial charge < -0.3 is 10.1 Å². The molecule has 0 radical (unpaired) electrons. The maximum atomic E-state index is 12.1. The highest BCUT2D eigenvalue weighted by molar-refractivity contribution is 7.89. The van der Waals surface area contributed by atoms with Crippen molar-refractivity contribution in [2.45, 2.75) is 31.4 Å². The second-order valence-corrected chi connectivity index (χ2v) is 6.62. The van der Waals surface area contributed by atoms with Gasteiger partial charge in [-0.2, -0.15) is 0 Å². The standard InChI is InChI=1S/C11H20N2O3S2/c1-4-12-8-10-11(5-6-17-10)18(14,15)13-7-9(2)16-3/h5-6,9,12-13H,4,7-8H2,1-3H3. The van der Waals surface area contributed by atoms with Crippen LogP contribution in [0.5, 0.6) is 0 Å². The Morgan fingerprint density at radius 2 is 2.22 bits per heavy atom. The zero-order valence-electron chi connectivity index (χ0n) is 10.9. The minimum absolute atomic E-state index is 0.143. The predicted octanol–water partition coefficient (Wildman–Crippen LogP) is 1.17. The minimum atomic E-state index is -3.44. The Balaban J connectivity index is 2.75. The van der Waals surface area contributed by atoms with Gasteiger partial charge in [-0.3, -0.25) is 0 Å². The van der Waals surface area contributed by atoms with E-state index >= 15 is 0 Å². The van der Waals surface area contributed by atoms with Crippen molar-refractivity contribution in [3.8, 4) is 0 Å². The molecule has 0 spiro atoms. The molecule has 5 nitrogen and oxygen atoms in total. The van der Waals surface area contributed by atoms with Crippen LogP contribution in [0.4, 0.5) is 0 Å². The van der Waals surface area contributed by atoms with Crippen molar-refractivity contribution in [3.05, 3.63) is 16.3 Å². The largest absolute Gasteiger partial charge is 0.380 e. The molecule has 0 aliphatic heterocycles. The van der Waals surface area contributed by atoms with Crippen LogP contribution in [0.2, 0.25) is 0 Å². The van der Waals surface area contributed by atoms with Gasteiger partial charge in [-0.1, -0.05) is 6.92 Å². The highest BCUT2D eigenvalue weighted by Crippen LogP contribution is 2.21. The van der Waals surface area contributed by atoms with Crippen LogP contribution < -0.4 is 10.0 Å². The molecule has 1 atom stereocenters. The molecule has 0 saturated heterocycles. The average Bonchev–Trinajstić information content (AvgIpc) is 2.82. The van der Waals surface area contributed by atoms with E-state index in [1.807, 2.05) is 13.8 Å². The lowest BCUT2D eigenvalue weighted by atomic mass is 10.4. The molecule has 0 aliphatic rings. The molecule has 1 aromatic heterocycles. The number of rotatable bonds is 8. The van der Waals surface area contributed by atoms with Gasteiger partial charge in [0.1, 0.15) is 0 Å². The van der Waals surface area contributed by atoms with E-state index in [2.05, 4.69) is 10.0 Å². The number of methoxy groups -OCH3 is 1. The van der Waals surface area contributed by atoms with Gasteiger partial charge in [-0.15, -0.1) is 11.3 Å². The minimum Gasteiger partial charge on any atom is -0.380 e. The van der Waals surface area contributed by atoms with E-state index in [0.29, 0.717) is 11.4 Å². The third kappa shape index (κ3) is 4.33. The number of ether oxygens (including phenoxy) is 1. The molecule has 0 aromatic carbocycles. The third-order valence-corrected chi connectivity index (χ3v) is 5.05. The molecule has 1 aromatic rings. The lowest BCUT2D eigenvalue weighted by Crippen LogP contribution is -2.32. The van der Waals surface area contributed by atoms with Gasteiger partial charge in [0, 0.05) is 25.1 Å². The first-order valence-corrected chi connectivity index (χ1v) is 8.17. The fourth-order valence-electron chi connectivity index (χ4n) is 1.32.